The van der Waals surface area contributed by atoms with Gasteiger partial charge in [0.25, 0.3) is 0 Å². The fraction of sp³-hybridized carbons (Fsp3) is 0.304. The zero-order valence-corrected chi connectivity index (χ0v) is 19.5. The van der Waals surface area contributed by atoms with Crippen LogP contribution in [0.15, 0.2) is 54.6 Å². The molecule has 2 N–H and O–H groups in total. The third-order valence-corrected chi connectivity index (χ3v) is 6.55. The van der Waals surface area contributed by atoms with Gasteiger partial charge in [-0.2, -0.15) is 18.3 Å². The van der Waals surface area contributed by atoms with Gasteiger partial charge < -0.3 is 5.32 Å². The third-order valence-electron chi connectivity index (χ3n) is 5.23. The molecular formula is C23H25F3N4O3S. The Balaban J connectivity index is 1.59. The van der Waals surface area contributed by atoms with E-state index in [2.05, 4.69) is 15.1 Å². The van der Waals surface area contributed by atoms with Crippen LogP contribution in [0.4, 0.5) is 13.2 Å². The van der Waals surface area contributed by atoms with E-state index in [1.54, 1.807) is 26.0 Å². The first-order chi connectivity index (χ1) is 16.0. The molecule has 1 amide bonds. The molecule has 0 bridgehead atoms. The summed E-state index contributed by atoms with van der Waals surface area (Å²) in [7, 11) is -3.59. The summed E-state index contributed by atoms with van der Waals surface area (Å²) in [6, 6.07) is 13.8. The van der Waals surface area contributed by atoms with Crippen LogP contribution in [-0.4, -0.2) is 36.4 Å². The minimum Gasteiger partial charge on any atom is -0.355 e. The maximum atomic E-state index is 13.0. The third kappa shape index (κ3) is 6.67. The van der Waals surface area contributed by atoms with Crippen molar-refractivity contribution in [2.75, 3.05) is 12.3 Å². The molecule has 0 atom stereocenters. The van der Waals surface area contributed by atoms with Gasteiger partial charge in [-0.05, 0) is 37.6 Å². The highest BCUT2D eigenvalue weighted by Crippen LogP contribution is 2.30. The van der Waals surface area contributed by atoms with E-state index < -0.39 is 27.7 Å². The molecule has 11 heteroatoms. The van der Waals surface area contributed by atoms with E-state index in [0.717, 1.165) is 17.7 Å². The van der Waals surface area contributed by atoms with Crippen LogP contribution in [0.1, 0.15) is 28.1 Å². The predicted molar refractivity (Wildman–Crippen MR) is 122 cm³/mol. The number of sulfonamides is 1. The molecule has 0 unspecified atom stereocenters. The molecule has 2 aromatic carbocycles. The summed E-state index contributed by atoms with van der Waals surface area (Å²) in [5, 5.41) is 6.87. The van der Waals surface area contributed by atoms with E-state index in [9.17, 15) is 26.4 Å². The molecule has 1 aromatic heterocycles. The molecule has 1 heterocycles. The van der Waals surface area contributed by atoms with Crippen molar-refractivity contribution in [3.05, 3.63) is 82.7 Å². The lowest BCUT2D eigenvalue weighted by molar-refractivity contribution is -0.137. The van der Waals surface area contributed by atoms with Gasteiger partial charge in [-0.25, -0.2) is 17.8 Å². The first-order valence-electron chi connectivity index (χ1n) is 10.5. The van der Waals surface area contributed by atoms with E-state index >= 15 is 0 Å². The Morgan fingerprint density at radius 2 is 1.76 bits per heavy atom. The van der Waals surface area contributed by atoms with Gasteiger partial charge >= 0.3 is 6.18 Å². The summed E-state index contributed by atoms with van der Waals surface area (Å²) in [5.74, 6) is -0.694. The number of amides is 1. The van der Waals surface area contributed by atoms with Crippen molar-refractivity contribution >= 4 is 15.9 Å². The van der Waals surface area contributed by atoms with Gasteiger partial charge in [0.05, 0.1) is 29.1 Å². The van der Waals surface area contributed by atoms with Crippen molar-refractivity contribution < 1.29 is 26.4 Å². The molecule has 0 saturated carbocycles. The molecule has 7 nitrogen and oxygen atoms in total. The zero-order chi connectivity index (χ0) is 24.9. The van der Waals surface area contributed by atoms with Crippen LogP contribution >= 0.6 is 0 Å². The molecule has 0 saturated heterocycles. The molecular weight excluding hydrogens is 469 g/mol. The number of aryl methyl sites for hydroxylation is 1. The zero-order valence-electron chi connectivity index (χ0n) is 18.7. The number of carbonyl (C=O) groups excluding carboxylic acids is 1. The average molecular weight is 495 g/mol. The SMILES string of the molecule is Cc1nn(-c2cccc(C(F)(F)F)c2)c(C)c1CC(=O)NCCS(=O)(=O)NCc1ccccc1. The number of benzene rings is 2. The number of alkyl halides is 3. The number of rotatable bonds is 9. The van der Waals surface area contributed by atoms with Gasteiger partial charge in [-0.3, -0.25) is 4.79 Å². The lowest BCUT2D eigenvalue weighted by Crippen LogP contribution is -2.35. The van der Waals surface area contributed by atoms with E-state index in [1.165, 1.54) is 16.8 Å². The van der Waals surface area contributed by atoms with E-state index in [0.29, 0.717) is 17.0 Å². The number of aromatic nitrogens is 2. The molecule has 0 fully saturated rings. The average Bonchev–Trinajstić information content (AvgIpc) is 3.06. The van der Waals surface area contributed by atoms with Crippen LogP contribution in [-0.2, 0) is 34.0 Å². The lowest BCUT2D eigenvalue weighted by atomic mass is 10.1. The second-order valence-corrected chi connectivity index (χ2v) is 9.69. The fourth-order valence-electron chi connectivity index (χ4n) is 3.41. The molecule has 182 valence electrons. The molecule has 3 rings (SSSR count). The maximum Gasteiger partial charge on any atom is 0.416 e. The Kier molecular flexibility index (Phi) is 7.78. The van der Waals surface area contributed by atoms with Crippen LogP contribution < -0.4 is 10.0 Å². The first kappa shape index (κ1) is 25.4. The molecule has 0 radical (unpaired) electrons. The van der Waals surface area contributed by atoms with Crippen LogP contribution in [0, 0.1) is 13.8 Å². The molecule has 0 aliphatic carbocycles. The first-order valence-corrected chi connectivity index (χ1v) is 12.1. The Labute approximate surface area is 196 Å². The summed E-state index contributed by atoms with van der Waals surface area (Å²) in [4.78, 5) is 12.4. The molecule has 0 spiro atoms. The molecule has 34 heavy (non-hydrogen) atoms. The largest absolute Gasteiger partial charge is 0.416 e. The molecule has 0 aliphatic rings. The van der Waals surface area contributed by atoms with Gasteiger partial charge in [0, 0.05) is 24.3 Å². The highest BCUT2D eigenvalue weighted by molar-refractivity contribution is 7.89. The quantitative estimate of drug-likeness (QED) is 0.478. The highest BCUT2D eigenvalue weighted by Gasteiger charge is 2.30. The minimum atomic E-state index is -4.48. The Morgan fingerprint density at radius 3 is 2.44 bits per heavy atom. The van der Waals surface area contributed by atoms with E-state index in [4.69, 9.17) is 0 Å². The highest BCUT2D eigenvalue weighted by atomic mass is 32.2. The van der Waals surface area contributed by atoms with Crippen molar-refractivity contribution in [1.82, 2.24) is 19.8 Å². The van der Waals surface area contributed by atoms with Crippen molar-refractivity contribution in [3.8, 4) is 5.69 Å². The predicted octanol–water partition coefficient (Wildman–Crippen LogP) is 3.29. The van der Waals surface area contributed by atoms with Gasteiger partial charge in [0.1, 0.15) is 0 Å². The smallest absolute Gasteiger partial charge is 0.355 e. The normalized spacial score (nSPS) is 12.0. The summed E-state index contributed by atoms with van der Waals surface area (Å²) in [6.07, 6.45) is -4.56. The lowest BCUT2D eigenvalue weighted by Gasteiger charge is -2.10. The Bertz CT molecular complexity index is 1260. The van der Waals surface area contributed by atoms with Gasteiger partial charge in [0.2, 0.25) is 15.9 Å². The van der Waals surface area contributed by atoms with Gasteiger partial charge in [-0.1, -0.05) is 36.4 Å². The minimum absolute atomic E-state index is 0.0753. The maximum absolute atomic E-state index is 13.0. The topological polar surface area (TPSA) is 93.1 Å². The second kappa shape index (κ2) is 10.4. The summed E-state index contributed by atoms with van der Waals surface area (Å²) in [6.45, 7) is 3.41. The van der Waals surface area contributed by atoms with Crippen LogP contribution in [0.25, 0.3) is 5.69 Å². The Hall–Kier alpha value is -3.18. The fourth-order valence-corrected chi connectivity index (χ4v) is 4.31. The second-order valence-electron chi connectivity index (χ2n) is 7.76. The number of halogens is 3. The van der Waals surface area contributed by atoms with Crippen molar-refractivity contribution in [2.45, 2.75) is 33.0 Å². The molecule has 3 aromatic rings. The number of carbonyl (C=O) groups is 1. The summed E-state index contributed by atoms with van der Waals surface area (Å²) >= 11 is 0. The number of hydrogen-bond donors (Lipinski definition) is 2. The summed E-state index contributed by atoms with van der Waals surface area (Å²) < 4.78 is 67.3. The van der Waals surface area contributed by atoms with Crippen LogP contribution in [0.5, 0.6) is 0 Å². The van der Waals surface area contributed by atoms with Crippen molar-refractivity contribution in [1.29, 1.82) is 0 Å². The number of nitrogens with zero attached hydrogens (tertiary/aromatic N) is 2. The summed E-state index contributed by atoms with van der Waals surface area (Å²) in [5.41, 5.74) is 1.86. The standard InChI is InChI=1S/C23H25F3N4O3S/c1-16-21(17(2)30(29-16)20-10-6-9-19(13-20)23(24,25)26)14-22(31)27-11-12-34(32,33)28-15-18-7-4-3-5-8-18/h3-10,13,28H,11-12,14-15H2,1-2H3,(H,27,31). The van der Waals surface area contributed by atoms with Gasteiger partial charge in [-0.15, -0.1) is 0 Å². The van der Waals surface area contributed by atoms with Crippen molar-refractivity contribution in [3.63, 3.8) is 0 Å². The van der Waals surface area contributed by atoms with Gasteiger partial charge in [0.15, 0.2) is 0 Å². The molecule has 0 aliphatic heterocycles. The monoisotopic (exact) mass is 494 g/mol. The van der Waals surface area contributed by atoms with Crippen molar-refractivity contribution in [2.24, 2.45) is 0 Å². The van der Waals surface area contributed by atoms with E-state index in [1.807, 2.05) is 18.2 Å². The Morgan fingerprint density at radius 1 is 1.06 bits per heavy atom. The number of nitrogens with one attached hydrogen (secondary N) is 2. The van der Waals surface area contributed by atoms with Crippen LogP contribution in [0.3, 0.4) is 0 Å². The van der Waals surface area contributed by atoms with Crippen LogP contribution in [0.2, 0.25) is 0 Å². The number of hydrogen-bond acceptors (Lipinski definition) is 4. The van der Waals surface area contributed by atoms with E-state index in [-0.39, 0.29) is 31.0 Å².